The minimum atomic E-state index is -0.648. The average molecular weight is 423 g/mol. The molecule has 0 atom stereocenters. The van der Waals surface area contributed by atoms with Crippen LogP contribution in [0.15, 0.2) is 0 Å². The second-order valence-electron chi connectivity index (χ2n) is 10.2. The molecule has 0 bridgehead atoms. The Bertz CT molecular complexity index is 360. The molecular formula is C28H54O2. The van der Waals surface area contributed by atoms with Gasteiger partial charge in [-0.05, 0) is 12.3 Å². The molecule has 2 heteroatoms. The molecule has 1 N–H and O–H groups in total. The summed E-state index contributed by atoms with van der Waals surface area (Å²) in [5, 5.41) is 8.60. The fourth-order valence-electron chi connectivity index (χ4n) is 5.19. The predicted molar refractivity (Wildman–Crippen MR) is 131 cm³/mol. The zero-order chi connectivity index (χ0) is 21.5. The maximum absolute atomic E-state index is 10.4. The number of hydrogen-bond donors (Lipinski definition) is 1. The summed E-state index contributed by atoms with van der Waals surface area (Å²) in [6.45, 7) is 0. The van der Waals surface area contributed by atoms with Crippen LogP contribution < -0.4 is 0 Å². The minimum Gasteiger partial charge on any atom is -0.481 e. The van der Waals surface area contributed by atoms with E-state index in [1.807, 2.05) is 0 Å². The van der Waals surface area contributed by atoms with Crippen LogP contribution in [0, 0.1) is 5.92 Å². The van der Waals surface area contributed by atoms with Crippen molar-refractivity contribution in [2.24, 2.45) is 5.92 Å². The number of hydrogen-bond acceptors (Lipinski definition) is 1. The van der Waals surface area contributed by atoms with E-state index in [0.717, 1.165) is 18.8 Å². The van der Waals surface area contributed by atoms with E-state index in [1.54, 1.807) is 0 Å². The third-order valence-electron chi connectivity index (χ3n) is 7.23. The van der Waals surface area contributed by atoms with Gasteiger partial charge < -0.3 is 5.11 Å². The summed E-state index contributed by atoms with van der Waals surface area (Å²) in [4.78, 5) is 10.4. The van der Waals surface area contributed by atoms with E-state index >= 15 is 0 Å². The van der Waals surface area contributed by atoms with E-state index in [1.165, 1.54) is 148 Å². The molecule has 0 aromatic heterocycles. The molecule has 0 spiro atoms. The molecule has 0 heterocycles. The van der Waals surface area contributed by atoms with Crippen LogP contribution in [0.5, 0.6) is 0 Å². The first-order valence-corrected chi connectivity index (χ1v) is 14.0. The lowest BCUT2D eigenvalue weighted by Crippen LogP contribution is -2.05. The Morgan fingerprint density at radius 3 is 1.20 bits per heavy atom. The second kappa shape index (κ2) is 21.7. The van der Waals surface area contributed by atoms with E-state index in [-0.39, 0.29) is 0 Å². The topological polar surface area (TPSA) is 37.3 Å². The Balaban J connectivity index is 1.64. The molecule has 1 aliphatic rings. The van der Waals surface area contributed by atoms with Crippen molar-refractivity contribution in [3.63, 3.8) is 0 Å². The van der Waals surface area contributed by atoms with Gasteiger partial charge in [-0.3, -0.25) is 4.79 Å². The van der Waals surface area contributed by atoms with E-state index in [0.29, 0.717) is 6.42 Å². The fourth-order valence-corrected chi connectivity index (χ4v) is 5.19. The summed E-state index contributed by atoms with van der Waals surface area (Å²) in [5.74, 6) is 0.436. The fraction of sp³-hybridized carbons (Fsp3) is 0.964. The van der Waals surface area contributed by atoms with Gasteiger partial charge in [0.2, 0.25) is 0 Å². The van der Waals surface area contributed by atoms with Crippen LogP contribution in [0.2, 0.25) is 0 Å². The summed E-state index contributed by atoms with van der Waals surface area (Å²) in [6, 6.07) is 0. The second-order valence-corrected chi connectivity index (χ2v) is 10.2. The van der Waals surface area contributed by atoms with Gasteiger partial charge in [0.25, 0.3) is 0 Å². The van der Waals surface area contributed by atoms with Gasteiger partial charge >= 0.3 is 5.97 Å². The van der Waals surface area contributed by atoms with E-state index < -0.39 is 5.97 Å². The van der Waals surface area contributed by atoms with Crippen molar-refractivity contribution >= 4 is 5.97 Å². The van der Waals surface area contributed by atoms with Crippen LogP contribution in [0.25, 0.3) is 0 Å². The smallest absolute Gasteiger partial charge is 0.303 e. The summed E-state index contributed by atoms with van der Waals surface area (Å²) in [7, 11) is 0. The third kappa shape index (κ3) is 19.4. The van der Waals surface area contributed by atoms with Crippen LogP contribution in [0.3, 0.4) is 0 Å². The van der Waals surface area contributed by atoms with Crippen molar-refractivity contribution < 1.29 is 9.90 Å². The van der Waals surface area contributed by atoms with E-state index in [9.17, 15) is 4.79 Å². The van der Waals surface area contributed by atoms with Gasteiger partial charge in [-0.2, -0.15) is 0 Å². The van der Waals surface area contributed by atoms with Crippen molar-refractivity contribution in [1.29, 1.82) is 0 Å². The molecule has 30 heavy (non-hydrogen) atoms. The molecule has 0 radical (unpaired) electrons. The highest BCUT2D eigenvalue weighted by atomic mass is 16.4. The molecular weight excluding hydrogens is 368 g/mol. The normalized spacial score (nSPS) is 14.9. The highest BCUT2D eigenvalue weighted by Gasteiger charge is 2.12. The number of carboxylic acid groups (broad SMARTS) is 1. The zero-order valence-electron chi connectivity index (χ0n) is 20.3. The van der Waals surface area contributed by atoms with Crippen LogP contribution in [-0.2, 0) is 4.79 Å². The molecule has 0 saturated heterocycles. The van der Waals surface area contributed by atoms with Crippen LogP contribution in [-0.4, -0.2) is 11.1 Å². The highest BCUT2D eigenvalue weighted by molar-refractivity contribution is 5.66. The molecule has 2 nitrogen and oxygen atoms in total. The maximum Gasteiger partial charge on any atom is 0.303 e. The Hall–Kier alpha value is -0.530. The largest absolute Gasteiger partial charge is 0.481 e. The molecule has 1 rings (SSSR count). The van der Waals surface area contributed by atoms with Crippen LogP contribution in [0.1, 0.15) is 167 Å². The van der Waals surface area contributed by atoms with Gasteiger partial charge in [-0.1, -0.05) is 154 Å². The Kier molecular flexibility index (Phi) is 19.9. The van der Waals surface area contributed by atoms with Gasteiger partial charge in [-0.15, -0.1) is 0 Å². The Morgan fingerprint density at radius 2 is 0.833 bits per heavy atom. The molecule has 1 saturated carbocycles. The highest BCUT2D eigenvalue weighted by Crippen LogP contribution is 2.28. The van der Waals surface area contributed by atoms with Crippen molar-refractivity contribution in [3.05, 3.63) is 0 Å². The van der Waals surface area contributed by atoms with Crippen molar-refractivity contribution in [1.82, 2.24) is 0 Å². The van der Waals surface area contributed by atoms with Gasteiger partial charge in [0, 0.05) is 6.42 Å². The average Bonchev–Trinajstić information content (AvgIpc) is 2.75. The van der Waals surface area contributed by atoms with Gasteiger partial charge in [0.1, 0.15) is 0 Å². The maximum atomic E-state index is 10.4. The zero-order valence-corrected chi connectivity index (χ0v) is 20.3. The number of carbonyl (C=O) groups is 1. The summed E-state index contributed by atoms with van der Waals surface area (Å²) in [5.41, 5.74) is 0. The number of rotatable bonds is 22. The summed E-state index contributed by atoms with van der Waals surface area (Å²) in [6.07, 6.45) is 35.5. The molecule has 1 fully saturated rings. The lowest BCUT2D eigenvalue weighted by molar-refractivity contribution is -0.137. The molecule has 1 aliphatic carbocycles. The van der Waals surface area contributed by atoms with Gasteiger partial charge in [0.05, 0.1) is 0 Å². The first-order chi connectivity index (χ1) is 14.8. The number of unbranched alkanes of at least 4 members (excludes halogenated alkanes) is 18. The van der Waals surface area contributed by atoms with Crippen LogP contribution in [0.4, 0.5) is 0 Å². The van der Waals surface area contributed by atoms with Crippen molar-refractivity contribution in [2.75, 3.05) is 0 Å². The first kappa shape index (κ1) is 27.5. The first-order valence-electron chi connectivity index (χ1n) is 14.0. The predicted octanol–water partition coefficient (Wildman–Crippen LogP) is 9.84. The molecule has 0 aromatic carbocycles. The third-order valence-corrected chi connectivity index (χ3v) is 7.23. The van der Waals surface area contributed by atoms with Crippen molar-refractivity contribution in [3.8, 4) is 0 Å². The lowest BCUT2D eigenvalue weighted by atomic mass is 9.85. The van der Waals surface area contributed by atoms with Gasteiger partial charge in [-0.25, -0.2) is 0 Å². The van der Waals surface area contributed by atoms with Crippen molar-refractivity contribution in [2.45, 2.75) is 167 Å². The number of carboxylic acids is 1. The summed E-state index contributed by atoms with van der Waals surface area (Å²) < 4.78 is 0. The van der Waals surface area contributed by atoms with E-state index in [4.69, 9.17) is 5.11 Å². The summed E-state index contributed by atoms with van der Waals surface area (Å²) >= 11 is 0. The molecule has 0 aliphatic heterocycles. The standard InChI is InChI=1S/C28H54O2/c29-28(30)26-22-17-15-13-11-9-7-5-3-1-2-4-6-8-10-12-14-16-19-23-27-24-20-18-21-25-27/h27H,1-26H2,(H,29,30). The molecule has 0 amide bonds. The Morgan fingerprint density at radius 1 is 0.500 bits per heavy atom. The molecule has 178 valence electrons. The lowest BCUT2D eigenvalue weighted by Gasteiger charge is -2.21. The molecule has 0 unspecified atom stereocenters. The molecule has 0 aromatic rings. The van der Waals surface area contributed by atoms with Gasteiger partial charge in [0.15, 0.2) is 0 Å². The number of aliphatic carboxylic acids is 1. The minimum absolute atomic E-state index is 0.348. The SMILES string of the molecule is O=C(O)CCCCCCCCCCCCCCCCCCCCCC1CCCCC1. The van der Waals surface area contributed by atoms with Crippen LogP contribution >= 0.6 is 0 Å². The van der Waals surface area contributed by atoms with E-state index in [2.05, 4.69) is 0 Å². The monoisotopic (exact) mass is 422 g/mol. The quantitative estimate of drug-likeness (QED) is 0.176. The Labute approximate surface area is 189 Å².